The molecule has 0 bridgehead atoms. The van der Waals surface area contributed by atoms with Gasteiger partial charge in [-0.05, 0) is 37.8 Å². The topological polar surface area (TPSA) is 68.0 Å². The van der Waals surface area contributed by atoms with E-state index < -0.39 is 5.97 Å². The molecule has 0 fully saturated rings. The van der Waals surface area contributed by atoms with Crippen molar-refractivity contribution in [3.63, 3.8) is 0 Å². The first-order chi connectivity index (χ1) is 9.00. The van der Waals surface area contributed by atoms with Crippen molar-refractivity contribution < 1.29 is 9.90 Å². The molecule has 5 nitrogen and oxygen atoms in total. The molecule has 0 aliphatic heterocycles. The fraction of sp³-hybridized carbons (Fsp3) is 0.417. The number of carboxylic acid groups (broad SMARTS) is 1. The van der Waals surface area contributed by atoms with Gasteiger partial charge < -0.3 is 5.11 Å². The fourth-order valence-corrected chi connectivity index (χ4v) is 3.42. The zero-order chi connectivity index (χ0) is 14.0. The van der Waals surface area contributed by atoms with Gasteiger partial charge >= 0.3 is 5.97 Å². The van der Waals surface area contributed by atoms with E-state index in [1.807, 2.05) is 36.8 Å². The highest BCUT2D eigenvalue weighted by molar-refractivity contribution is 7.99. The Bertz CT molecular complexity index is 590. The molecule has 102 valence electrons. The van der Waals surface area contributed by atoms with Crippen LogP contribution in [0.3, 0.4) is 0 Å². The Kier molecular flexibility index (Phi) is 4.26. The van der Waals surface area contributed by atoms with Crippen molar-refractivity contribution in [3.05, 3.63) is 17.0 Å². The molecule has 2 heterocycles. The first-order valence-electron chi connectivity index (χ1n) is 5.84. The van der Waals surface area contributed by atoms with Crippen LogP contribution >= 0.6 is 23.1 Å². The summed E-state index contributed by atoms with van der Waals surface area (Å²) >= 11 is 2.82. The lowest BCUT2D eigenvalue weighted by atomic mass is 10.2. The van der Waals surface area contributed by atoms with Crippen molar-refractivity contribution in [2.24, 2.45) is 0 Å². The number of carbonyl (C=O) groups is 1. The van der Waals surface area contributed by atoms with Gasteiger partial charge in [-0.25, -0.2) is 0 Å². The Morgan fingerprint density at radius 3 is 2.79 bits per heavy atom. The lowest BCUT2D eigenvalue weighted by Gasteiger charge is -2.12. The van der Waals surface area contributed by atoms with Gasteiger partial charge in [0.1, 0.15) is 0 Å². The summed E-state index contributed by atoms with van der Waals surface area (Å²) in [5, 5.41) is 19.8. The van der Waals surface area contributed by atoms with Gasteiger partial charge in [-0.1, -0.05) is 11.8 Å². The molecule has 0 aliphatic rings. The van der Waals surface area contributed by atoms with E-state index in [0.29, 0.717) is 5.16 Å². The molecule has 1 N–H and O–H groups in total. The summed E-state index contributed by atoms with van der Waals surface area (Å²) in [6.45, 7) is 6.12. The third-order valence-corrected chi connectivity index (χ3v) is 4.51. The van der Waals surface area contributed by atoms with E-state index in [9.17, 15) is 4.79 Å². The molecule has 19 heavy (non-hydrogen) atoms. The van der Waals surface area contributed by atoms with Crippen LogP contribution in [0.2, 0.25) is 0 Å². The van der Waals surface area contributed by atoms with Crippen LogP contribution in [-0.2, 0) is 4.79 Å². The quantitative estimate of drug-likeness (QED) is 0.859. The second-order valence-electron chi connectivity index (χ2n) is 4.39. The number of rotatable bonds is 5. The summed E-state index contributed by atoms with van der Waals surface area (Å²) in [6, 6.07) is 2.23. The molecule has 0 spiro atoms. The van der Waals surface area contributed by atoms with Crippen molar-refractivity contribution >= 4 is 29.1 Å². The second-order valence-corrected chi connectivity index (χ2v) is 6.24. The molecule has 2 rings (SSSR count). The van der Waals surface area contributed by atoms with Gasteiger partial charge in [0, 0.05) is 6.04 Å². The summed E-state index contributed by atoms with van der Waals surface area (Å²) in [6.07, 6.45) is 0. The van der Waals surface area contributed by atoms with E-state index in [1.165, 1.54) is 11.8 Å². The minimum Gasteiger partial charge on any atom is -0.481 e. The molecular weight excluding hydrogens is 282 g/mol. The van der Waals surface area contributed by atoms with Gasteiger partial charge in [0.15, 0.2) is 11.0 Å². The SMILES string of the molecule is Cc1ccsc1-c1nnc(SCC(=O)O)n1C(C)C. The molecule has 0 radical (unpaired) electrons. The summed E-state index contributed by atoms with van der Waals surface area (Å²) in [7, 11) is 0. The zero-order valence-electron chi connectivity index (χ0n) is 11.0. The average molecular weight is 297 g/mol. The Labute approximate surface area is 119 Å². The maximum atomic E-state index is 10.7. The average Bonchev–Trinajstić information content (AvgIpc) is 2.91. The van der Waals surface area contributed by atoms with E-state index in [1.54, 1.807) is 11.3 Å². The van der Waals surface area contributed by atoms with Crippen LogP contribution in [0.5, 0.6) is 0 Å². The third-order valence-electron chi connectivity index (χ3n) is 2.57. The molecule has 0 aromatic carbocycles. The second kappa shape index (κ2) is 5.75. The number of thioether (sulfide) groups is 1. The van der Waals surface area contributed by atoms with Gasteiger partial charge in [0.25, 0.3) is 0 Å². The lowest BCUT2D eigenvalue weighted by molar-refractivity contribution is -0.133. The van der Waals surface area contributed by atoms with E-state index in [0.717, 1.165) is 16.3 Å². The smallest absolute Gasteiger partial charge is 0.313 e. The van der Waals surface area contributed by atoms with E-state index in [-0.39, 0.29) is 11.8 Å². The Morgan fingerprint density at radius 1 is 1.53 bits per heavy atom. The maximum Gasteiger partial charge on any atom is 0.313 e. The zero-order valence-corrected chi connectivity index (χ0v) is 12.6. The summed E-state index contributed by atoms with van der Waals surface area (Å²) in [5.74, 6) is -0.0404. The number of aliphatic carboxylic acids is 1. The molecule has 0 saturated carbocycles. The van der Waals surface area contributed by atoms with Crippen LogP contribution in [0.25, 0.3) is 10.7 Å². The number of aryl methyl sites for hydroxylation is 1. The van der Waals surface area contributed by atoms with Crippen molar-refractivity contribution in [2.45, 2.75) is 32.0 Å². The van der Waals surface area contributed by atoms with Gasteiger partial charge in [-0.15, -0.1) is 21.5 Å². The largest absolute Gasteiger partial charge is 0.481 e. The van der Waals surface area contributed by atoms with Crippen LogP contribution in [0.4, 0.5) is 0 Å². The van der Waals surface area contributed by atoms with Gasteiger partial charge in [0.2, 0.25) is 0 Å². The molecule has 2 aromatic heterocycles. The number of carboxylic acids is 1. The summed E-state index contributed by atoms with van der Waals surface area (Å²) in [4.78, 5) is 11.8. The Morgan fingerprint density at radius 2 is 2.26 bits per heavy atom. The predicted molar refractivity (Wildman–Crippen MR) is 76.8 cm³/mol. The molecule has 0 atom stereocenters. The molecular formula is C12H15N3O2S2. The highest BCUT2D eigenvalue weighted by Gasteiger charge is 2.19. The maximum absolute atomic E-state index is 10.7. The highest BCUT2D eigenvalue weighted by Crippen LogP contribution is 2.32. The number of nitrogens with zero attached hydrogens (tertiary/aromatic N) is 3. The van der Waals surface area contributed by atoms with Crippen molar-refractivity contribution in [1.29, 1.82) is 0 Å². The van der Waals surface area contributed by atoms with Crippen molar-refractivity contribution in [2.75, 3.05) is 5.75 Å². The molecule has 0 saturated heterocycles. The van der Waals surface area contributed by atoms with Gasteiger partial charge in [-0.3, -0.25) is 9.36 Å². The number of hydrogen-bond donors (Lipinski definition) is 1. The first-order valence-corrected chi connectivity index (χ1v) is 7.71. The molecule has 2 aromatic rings. The Hall–Kier alpha value is -1.34. The molecule has 0 amide bonds. The standard InChI is InChI=1S/C12H15N3O2S2/c1-7(2)15-11(10-8(3)4-5-18-10)13-14-12(15)19-6-9(16)17/h4-5,7H,6H2,1-3H3,(H,16,17). The lowest BCUT2D eigenvalue weighted by Crippen LogP contribution is -2.06. The van der Waals surface area contributed by atoms with E-state index >= 15 is 0 Å². The predicted octanol–water partition coefficient (Wildman–Crippen LogP) is 3.07. The van der Waals surface area contributed by atoms with Crippen LogP contribution in [0.15, 0.2) is 16.6 Å². The van der Waals surface area contributed by atoms with Crippen LogP contribution in [0.1, 0.15) is 25.5 Å². The van der Waals surface area contributed by atoms with Crippen LogP contribution in [-0.4, -0.2) is 31.6 Å². The molecule has 0 aliphatic carbocycles. The Balaban J connectivity index is 2.40. The van der Waals surface area contributed by atoms with Crippen LogP contribution < -0.4 is 0 Å². The van der Waals surface area contributed by atoms with Crippen LogP contribution in [0, 0.1) is 6.92 Å². The fourth-order valence-electron chi connectivity index (χ4n) is 1.72. The van der Waals surface area contributed by atoms with Gasteiger partial charge in [-0.2, -0.15) is 0 Å². The van der Waals surface area contributed by atoms with Crippen molar-refractivity contribution in [3.8, 4) is 10.7 Å². The van der Waals surface area contributed by atoms with Crippen molar-refractivity contribution in [1.82, 2.24) is 14.8 Å². The number of thiophene rings is 1. The number of hydrogen-bond acceptors (Lipinski definition) is 5. The first kappa shape index (κ1) is 14.1. The highest BCUT2D eigenvalue weighted by atomic mass is 32.2. The summed E-state index contributed by atoms with van der Waals surface area (Å²) in [5.41, 5.74) is 1.16. The van der Waals surface area contributed by atoms with E-state index in [2.05, 4.69) is 10.2 Å². The monoisotopic (exact) mass is 297 g/mol. The van der Waals surface area contributed by atoms with E-state index in [4.69, 9.17) is 5.11 Å². The third kappa shape index (κ3) is 2.98. The number of aromatic nitrogens is 3. The minimum absolute atomic E-state index is 0.00568. The normalized spacial score (nSPS) is 11.2. The summed E-state index contributed by atoms with van der Waals surface area (Å²) < 4.78 is 1.99. The molecule has 0 unspecified atom stereocenters. The minimum atomic E-state index is -0.850. The van der Waals surface area contributed by atoms with Gasteiger partial charge in [0.05, 0.1) is 10.6 Å². The molecule has 7 heteroatoms.